The van der Waals surface area contributed by atoms with E-state index in [4.69, 9.17) is 28.2 Å². The predicted molar refractivity (Wildman–Crippen MR) is 60.4 cm³/mol. The van der Waals surface area contributed by atoms with Gasteiger partial charge in [-0.1, -0.05) is 23.7 Å². The molecule has 1 aromatic carbocycles. The lowest BCUT2D eigenvalue weighted by Gasteiger charge is -1.98. The number of anilines is 1. The monoisotopic (exact) mass is 207 g/mol. The van der Waals surface area contributed by atoms with Crippen molar-refractivity contribution in [2.24, 2.45) is 0 Å². The van der Waals surface area contributed by atoms with Crippen molar-refractivity contribution in [2.45, 2.75) is 0 Å². The Morgan fingerprint density at radius 3 is 2.21 bits per heavy atom. The molecule has 4 N–H and O–H groups in total. The molecule has 14 heavy (non-hydrogen) atoms. The van der Waals surface area contributed by atoms with Crippen LogP contribution in [0.25, 0.3) is 0 Å². The molecular weight excluding hydrogens is 198 g/mol. The van der Waals surface area contributed by atoms with E-state index in [0.717, 1.165) is 5.56 Å². The van der Waals surface area contributed by atoms with Crippen molar-refractivity contribution in [3.05, 3.63) is 42.0 Å². The molecule has 0 radical (unpaired) electrons. The highest BCUT2D eigenvalue weighted by atomic mass is 35.5. The molecule has 0 aliphatic rings. The van der Waals surface area contributed by atoms with Crippen LogP contribution in [0.3, 0.4) is 0 Å². The molecule has 0 amide bonds. The number of halogens is 1. The van der Waals surface area contributed by atoms with Crippen LogP contribution in [0.4, 0.5) is 5.69 Å². The summed E-state index contributed by atoms with van der Waals surface area (Å²) < 4.78 is 0. The third-order valence-electron chi connectivity index (χ3n) is 1.62. The fourth-order valence-corrected chi connectivity index (χ4v) is 0.978. The van der Waals surface area contributed by atoms with Crippen LogP contribution >= 0.6 is 11.6 Å². The first-order chi connectivity index (χ1) is 6.59. The van der Waals surface area contributed by atoms with E-state index in [-0.39, 0.29) is 5.17 Å². The summed E-state index contributed by atoms with van der Waals surface area (Å²) >= 11 is 5.31. The van der Waals surface area contributed by atoms with Crippen LogP contribution in [0.1, 0.15) is 5.56 Å². The normalized spacial score (nSPS) is 10.4. The van der Waals surface area contributed by atoms with Crippen LogP contribution in [0.5, 0.6) is 0 Å². The number of benzene rings is 1. The van der Waals surface area contributed by atoms with Gasteiger partial charge in [0.25, 0.3) is 0 Å². The Morgan fingerprint density at radius 2 is 1.71 bits per heavy atom. The minimum Gasteiger partial charge on any atom is -0.399 e. The number of nitrogen functional groups attached to an aromatic ring is 1. The van der Waals surface area contributed by atoms with Crippen LogP contribution in [0.2, 0.25) is 0 Å². The maximum absolute atomic E-state index is 7.61. The van der Waals surface area contributed by atoms with E-state index >= 15 is 0 Å². The van der Waals surface area contributed by atoms with Gasteiger partial charge in [0.2, 0.25) is 0 Å². The summed E-state index contributed by atoms with van der Waals surface area (Å²) in [5.74, 6) is 0. The van der Waals surface area contributed by atoms with E-state index in [0.29, 0.717) is 11.4 Å². The molecule has 0 unspecified atom stereocenters. The second-order valence-electron chi connectivity index (χ2n) is 2.72. The molecule has 0 aromatic heterocycles. The summed E-state index contributed by atoms with van der Waals surface area (Å²) in [7, 11) is 0. The summed E-state index contributed by atoms with van der Waals surface area (Å²) in [6.45, 7) is 0. The topological polar surface area (TPSA) is 73.7 Å². The summed E-state index contributed by atoms with van der Waals surface area (Å²) in [4.78, 5) is 0. The summed E-state index contributed by atoms with van der Waals surface area (Å²) in [6, 6.07) is 6.95. The van der Waals surface area contributed by atoms with Gasteiger partial charge in [0.15, 0.2) is 0 Å². The van der Waals surface area contributed by atoms with Gasteiger partial charge in [-0.05, 0) is 29.8 Å². The molecule has 1 aromatic rings. The fourth-order valence-electron chi connectivity index (χ4n) is 0.915. The van der Waals surface area contributed by atoms with E-state index in [9.17, 15) is 0 Å². The van der Waals surface area contributed by atoms with E-state index < -0.39 is 0 Å². The molecule has 0 atom stereocenters. The zero-order chi connectivity index (χ0) is 10.6. The van der Waals surface area contributed by atoms with Gasteiger partial charge < -0.3 is 11.1 Å². The van der Waals surface area contributed by atoms with Crippen molar-refractivity contribution in [3.8, 4) is 0 Å². The Hall–Kier alpha value is -1.61. The van der Waals surface area contributed by atoms with Gasteiger partial charge in [0.1, 0.15) is 5.17 Å². The van der Waals surface area contributed by atoms with E-state index in [1.54, 1.807) is 24.3 Å². The number of rotatable bonds is 3. The van der Waals surface area contributed by atoms with Crippen molar-refractivity contribution in [3.63, 3.8) is 0 Å². The molecule has 1 rings (SSSR count). The molecule has 0 aliphatic carbocycles. The Kier molecular flexibility index (Phi) is 3.42. The lowest BCUT2D eigenvalue weighted by molar-refractivity contribution is 1.49. The number of allylic oxidation sites excluding steroid dienone is 2. The Labute approximate surface area is 87.2 Å². The number of hydrogen-bond donors (Lipinski definition) is 3. The summed E-state index contributed by atoms with van der Waals surface area (Å²) in [6.07, 6.45) is 2.83. The fraction of sp³-hybridized carbons (Fsp3) is 0. The van der Waals surface area contributed by atoms with Gasteiger partial charge in [-0.3, -0.25) is 5.41 Å². The van der Waals surface area contributed by atoms with Crippen LogP contribution in [0, 0.1) is 10.8 Å². The molecule has 0 heterocycles. The molecule has 0 saturated carbocycles. The third-order valence-corrected chi connectivity index (χ3v) is 1.74. The second-order valence-corrected chi connectivity index (χ2v) is 3.12. The number of hydrogen-bond acceptors (Lipinski definition) is 3. The van der Waals surface area contributed by atoms with Crippen molar-refractivity contribution < 1.29 is 0 Å². The Morgan fingerprint density at radius 1 is 1.14 bits per heavy atom. The first kappa shape index (κ1) is 10.5. The molecular formula is C10H10ClN3. The van der Waals surface area contributed by atoms with Crippen LogP contribution in [-0.2, 0) is 0 Å². The zero-order valence-corrected chi connectivity index (χ0v) is 8.18. The SMILES string of the molecule is N=C(Cl)/C=C\C(=N)c1ccc(N)cc1. The van der Waals surface area contributed by atoms with Crippen molar-refractivity contribution in [1.29, 1.82) is 10.8 Å². The summed E-state index contributed by atoms with van der Waals surface area (Å²) in [5, 5.41) is 14.5. The minimum absolute atomic E-state index is 0.0924. The van der Waals surface area contributed by atoms with Gasteiger partial charge >= 0.3 is 0 Å². The van der Waals surface area contributed by atoms with Crippen molar-refractivity contribution in [2.75, 3.05) is 5.73 Å². The first-order valence-electron chi connectivity index (χ1n) is 3.96. The standard InChI is InChI=1S/C10H10ClN3/c11-10(14)6-5-9(13)7-1-3-8(12)4-2-7/h1-6,13-14H,12H2/b6-5-,13-9?,14-10?. The quantitative estimate of drug-likeness (QED) is 0.517. The van der Waals surface area contributed by atoms with Crippen LogP contribution < -0.4 is 5.73 Å². The van der Waals surface area contributed by atoms with Crippen LogP contribution in [-0.4, -0.2) is 10.9 Å². The van der Waals surface area contributed by atoms with Gasteiger partial charge in [-0.25, -0.2) is 0 Å². The highest BCUT2D eigenvalue weighted by molar-refractivity contribution is 6.67. The van der Waals surface area contributed by atoms with Gasteiger partial charge in [0, 0.05) is 5.69 Å². The third kappa shape index (κ3) is 3.03. The minimum atomic E-state index is -0.0924. The predicted octanol–water partition coefficient (Wildman–Crippen LogP) is 2.41. The maximum atomic E-state index is 7.61. The lowest BCUT2D eigenvalue weighted by atomic mass is 10.1. The smallest absolute Gasteiger partial charge is 0.120 e. The highest BCUT2D eigenvalue weighted by Crippen LogP contribution is 2.06. The maximum Gasteiger partial charge on any atom is 0.120 e. The number of nitrogens with two attached hydrogens (primary N) is 1. The molecule has 0 spiro atoms. The van der Waals surface area contributed by atoms with E-state index in [2.05, 4.69) is 0 Å². The lowest BCUT2D eigenvalue weighted by Crippen LogP contribution is -1.95. The molecule has 72 valence electrons. The van der Waals surface area contributed by atoms with Crippen molar-refractivity contribution >= 4 is 28.2 Å². The molecule has 0 fully saturated rings. The molecule has 0 aliphatic heterocycles. The zero-order valence-electron chi connectivity index (χ0n) is 7.42. The molecule has 0 bridgehead atoms. The van der Waals surface area contributed by atoms with Gasteiger partial charge in [-0.15, -0.1) is 0 Å². The largest absolute Gasteiger partial charge is 0.399 e. The molecule has 3 nitrogen and oxygen atoms in total. The highest BCUT2D eigenvalue weighted by Gasteiger charge is 1.96. The Balaban J connectivity index is 2.80. The van der Waals surface area contributed by atoms with Crippen molar-refractivity contribution in [1.82, 2.24) is 0 Å². The number of nitrogens with one attached hydrogen (secondary N) is 2. The Bertz CT molecular complexity index is 379. The molecule has 0 saturated heterocycles. The first-order valence-corrected chi connectivity index (χ1v) is 4.34. The van der Waals surface area contributed by atoms with Gasteiger partial charge in [-0.2, -0.15) is 0 Å². The van der Waals surface area contributed by atoms with Crippen LogP contribution in [0.15, 0.2) is 36.4 Å². The van der Waals surface area contributed by atoms with E-state index in [1.165, 1.54) is 12.2 Å². The average Bonchev–Trinajstić information content (AvgIpc) is 2.15. The second kappa shape index (κ2) is 4.58. The summed E-state index contributed by atoms with van der Waals surface area (Å²) in [5.41, 5.74) is 7.21. The average molecular weight is 208 g/mol. The molecule has 4 heteroatoms. The van der Waals surface area contributed by atoms with Gasteiger partial charge in [0.05, 0.1) is 5.71 Å². The van der Waals surface area contributed by atoms with E-state index in [1.807, 2.05) is 0 Å².